The van der Waals surface area contributed by atoms with E-state index in [0.29, 0.717) is 19.0 Å². The van der Waals surface area contributed by atoms with Crippen LogP contribution in [0.25, 0.3) is 0 Å². The number of ether oxygens (including phenoxy) is 2. The summed E-state index contributed by atoms with van der Waals surface area (Å²) in [5.41, 5.74) is 6.84. The van der Waals surface area contributed by atoms with Gasteiger partial charge in [0.2, 0.25) is 5.88 Å². The van der Waals surface area contributed by atoms with Gasteiger partial charge in [0.05, 0.1) is 20.3 Å². The smallest absolute Gasteiger partial charge is 0.217 e. The molecule has 1 aliphatic heterocycles. The number of aromatic nitrogens is 1. The summed E-state index contributed by atoms with van der Waals surface area (Å²) >= 11 is 0. The van der Waals surface area contributed by atoms with Crippen LogP contribution in [0.5, 0.6) is 5.88 Å². The van der Waals surface area contributed by atoms with Gasteiger partial charge in [-0.05, 0) is 6.07 Å². The van der Waals surface area contributed by atoms with Gasteiger partial charge in [-0.3, -0.25) is 4.90 Å². The third kappa shape index (κ3) is 2.94. The number of hydrogen-bond acceptors (Lipinski definition) is 5. The Morgan fingerprint density at radius 2 is 2.53 bits per heavy atom. The van der Waals surface area contributed by atoms with Crippen molar-refractivity contribution >= 4 is 0 Å². The average molecular weight is 237 g/mol. The van der Waals surface area contributed by atoms with Crippen molar-refractivity contribution in [1.82, 2.24) is 9.88 Å². The second-order valence-corrected chi connectivity index (χ2v) is 4.11. The Bertz CT molecular complexity index is 359. The molecule has 1 fully saturated rings. The zero-order valence-corrected chi connectivity index (χ0v) is 10.1. The lowest BCUT2D eigenvalue weighted by molar-refractivity contribution is -0.00826. The molecule has 94 valence electrons. The minimum absolute atomic E-state index is 0.286. The quantitative estimate of drug-likeness (QED) is 0.813. The minimum atomic E-state index is 0.286. The van der Waals surface area contributed by atoms with Crippen LogP contribution in [0.3, 0.4) is 0 Å². The van der Waals surface area contributed by atoms with E-state index in [0.717, 1.165) is 25.3 Å². The molecule has 2 N–H and O–H groups in total. The van der Waals surface area contributed by atoms with Gasteiger partial charge >= 0.3 is 0 Å². The second-order valence-electron chi connectivity index (χ2n) is 4.11. The Balaban J connectivity index is 2.08. The predicted octanol–water partition coefficient (Wildman–Crippen LogP) is 0.250. The first-order chi connectivity index (χ1) is 8.35. The first kappa shape index (κ1) is 12.3. The fourth-order valence-electron chi connectivity index (χ4n) is 2.06. The van der Waals surface area contributed by atoms with Crippen molar-refractivity contribution in [3.63, 3.8) is 0 Å². The molecule has 1 saturated heterocycles. The van der Waals surface area contributed by atoms with Crippen molar-refractivity contribution in [3.8, 4) is 5.88 Å². The summed E-state index contributed by atoms with van der Waals surface area (Å²) < 4.78 is 10.7. The lowest BCUT2D eigenvalue weighted by Gasteiger charge is -2.34. The van der Waals surface area contributed by atoms with Gasteiger partial charge in [-0.2, -0.15) is 0 Å². The molecule has 0 bridgehead atoms. The maximum atomic E-state index is 5.75. The summed E-state index contributed by atoms with van der Waals surface area (Å²) in [5, 5.41) is 0. The first-order valence-corrected chi connectivity index (χ1v) is 5.85. The highest BCUT2D eigenvalue weighted by molar-refractivity contribution is 5.25. The Hall–Kier alpha value is -1.17. The van der Waals surface area contributed by atoms with Crippen molar-refractivity contribution in [2.24, 2.45) is 5.73 Å². The van der Waals surface area contributed by atoms with E-state index in [2.05, 4.69) is 9.88 Å². The molecular formula is C12H19N3O2. The minimum Gasteiger partial charge on any atom is -0.481 e. The van der Waals surface area contributed by atoms with Gasteiger partial charge < -0.3 is 15.2 Å². The van der Waals surface area contributed by atoms with Gasteiger partial charge in [-0.1, -0.05) is 6.07 Å². The highest BCUT2D eigenvalue weighted by Gasteiger charge is 2.22. The highest BCUT2D eigenvalue weighted by atomic mass is 16.5. The van der Waals surface area contributed by atoms with Crippen LogP contribution in [-0.2, 0) is 11.3 Å². The molecule has 0 amide bonds. The van der Waals surface area contributed by atoms with Crippen LogP contribution in [0, 0.1) is 0 Å². The van der Waals surface area contributed by atoms with Crippen LogP contribution in [0.1, 0.15) is 5.56 Å². The summed E-state index contributed by atoms with van der Waals surface area (Å²) in [4.78, 5) is 6.52. The number of methoxy groups -OCH3 is 1. The molecule has 5 nitrogen and oxygen atoms in total. The fourth-order valence-corrected chi connectivity index (χ4v) is 2.06. The van der Waals surface area contributed by atoms with Crippen LogP contribution < -0.4 is 10.5 Å². The maximum absolute atomic E-state index is 5.75. The maximum Gasteiger partial charge on any atom is 0.217 e. The Morgan fingerprint density at radius 1 is 1.65 bits per heavy atom. The molecular weight excluding hydrogens is 218 g/mol. The Labute approximate surface area is 102 Å². The van der Waals surface area contributed by atoms with E-state index >= 15 is 0 Å². The van der Waals surface area contributed by atoms with Crippen molar-refractivity contribution in [2.75, 3.05) is 33.4 Å². The topological polar surface area (TPSA) is 60.6 Å². The van der Waals surface area contributed by atoms with E-state index in [1.807, 2.05) is 12.1 Å². The van der Waals surface area contributed by atoms with Crippen LogP contribution >= 0.6 is 0 Å². The van der Waals surface area contributed by atoms with E-state index < -0.39 is 0 Å². The van der Waals surface area contributed by atoms with Crippen molar-refractivity contribution < 1.29 is 9.47 Å². The van der Waals surface area contributed by atoms with Gasteiger partial charge in [0.15, 0.2) is 0 Å². The number of nitrogens with zero attached hydrogens (tertiary/aromatic N) is 2. The predicted molar refractivity (Wildman–Crippen MR) is 64.9 cm³/mol. The van der Waals surface area contributed by atoms with Gasteiger partial charge in [-0.15, -0.1) is 0 Å². The average Bonchev–Trinajstić information content (AvgIpc) is 2.40. The molecule has 1 aliphatic rings. The van der Waals surface area contributed by atoms with Gasteiger partial charge in [0, 0.05) is 37.4 Å². The van der Waals surface area contributed by atoms with Gasteiger partial charge in [0.1, 0.15) is 0 Å². The largest absolute Gasteiger partial charge is 0.481 e. The van der Waals surface area contributed by atoms with Crippen molar-refractivity contribution in [1.29, 1.82) is 0 Å². The van der Waals surface area contributed by atoms with Crippen LogP contribution in [0.4, 0.5) is 0 Å². The molecule has 1 unspecified atom stereocenters. The third-order valence-electron chi connectivity index (χ3n) is 3.04. The van der Waals surface area contributed by atoms with E-state index in [1.54, 1.807) is 13.3 Å². The number of pyridine rings is 1. The van der Waals surface area contributed by atoms with E-state index in [4.69, 9.17) is 15.2 Å². The van der Waals surface area contributed by atoms with E-state index in [9.17, 15) is 0 Å². The van der Waals surface area contributed by atoms with Crippen molar-refractivity contribution in [2.45, 2.75) is 12.6 Å². The van der Waals surface area contributed by atoms with Gasteiger partial charge in [0.25, 0.3) is 0 Å². The van der Waals surface area contributed by atoms with E-state index in [1.165, 1.54) is 0 Å². The molecule has 0 aromatic carbocycles. The molecule has 1 aromatic heterocycles. The lowest BCUT2D eigenvalue weighted by Crippen LogP contribution is -2.48. The summed E-state index contributed by atoms with van der Waals surface area (Å²) in [7, 11) is 1.64. The highest BCUT2D eigenvalue weighted by Crippen LogP contribution is 2.18. The van der Waals surface area contributed by atoms with Crippen LogP contribution in [0.15, 0.2) is 18.3 Å². The van der Waals surface area contributed by atoms with Crippen LogP contribution in [-0.4, -0.2) is 49.3 Å². The second kappa shape index (κ2) is 5.95. The first-order valence-electron chi connectivity index (χ1n) is 5.85. The monoisotopic (exact) mass is 237 g/mol. The number of morpholine rings is 1. The van der Waals surface area contributed by atoms with Crippen LogP contribution in [0.2, 0.25) is 0 Å². The molecule has 0 saturated carbocycles. The molecule has 2 rings (SSSR count). The van der Waals surface area contributed by atoms with Crippen molar-refractivity contribution in [3.05, 3.63) is 23.9 Å². The summed E-state index contributed by atoms with van der Waals surface area (Å²) in [6.07, 6.45) is 1.74. The molecule has 0 aliphatic carbocycles. The molecule has 1 aromatic rings. The van der Waals surface area contributed by atoms with E-state index in [-0.39, 0.29) is 6.04 Å². The molecule has 1 atom stereocenters. The molecule has 5 heteroatoms. The molecule has 17 heavy (non-hydrogen) atoms. The molecule has 2 heterocycles. The Kier molecular flexibility index (Phi) is 4.30. The zero-order chi connectivity index (χ0) is 12.1. The normalized spacial score (nSPS) is 21.4. The number of rotatable bonds is 4. The standard InChI is InChI=1S/C12H19N3O2/c1-16-12-10(3-2-4-14-12)8-15-5-6-17-9-11(15)7-13/h2-4,11H,5-9,13H2,1H3. The number of hydrogen-bond donors (Lipinski definition) is 1. The zero-order valence-electron chi connectivity index (χ0n) is 10.1. The lowest BCUT2D eigenvalue weighted by atomic mass is 10.2. The van der Waals surface area contributed by atoms with Gasteiger partial charge in [-0.25, -0.2) is 4.98 Å². The third-order valence-corrected chi connectivity index (χ3v) is 3.04. The number of nitrogens with two attached hydrogens (primary N) is 1. The summed E-state index contributed by atoms with van der Waals surface area (Å²) in [6, 6.07) is 4.25. The summed E-state index contributed by atoms with van der Waals surface area (Å²) in [5.74, 6) is 0.690. The summed E-state index contributed by atoms with van der Waals surface area (Å²) in [6.45, 7) is 3.79. The fraction of sp³-hybridized carbons (Fsp3) is 0.583. The molecule has 0 spiro atoms. The SMILES string of the molecule is COc1ncccc1CN1CCOCC1CN. The molecule has 0 radical (unpaired) electrons. The Morgan fingerprint density at radius 3 is 3.29 bits per heavy atom.